The van der Waals surface area contributed by atoms with Gasteiger partial charge in [0.15, 0.2) is 22.4 Å². The number of amides is 1. The number of thiocarbonyl (C=S) groups is 1. The highest BCUT2D eigenvalue weighted by Crippen LogP contribution is 2.28. The van der Waals surface area contributed by atoms with Gasteiger partial charge in [0.25, 0.3) is 5.91 Å². The topological polar surface area (TPSA) is 72.7 Å². The molecule has 0 aliphatic heterocycles. The molecule has 6 nitrogen and oxygen atoms in total. The van der Waals surface area contributed by atoms with E-state index in [-0.39, 0.29) is 10.9 Å². The smallest absolute Gasteiger partial charge is 0.293 e. The summed E-state index contributed by atoms with van der Waals surface area (Å²) in [5.74, 6) is 1.18. The molecule has 0 aliphatic rings. The van der Waals surface area contributed by atoms with Crippen molar-refractivity contribution < 1.29 is 18.7 Å². The lowest BCUT2D eigenvalue weighted by atomic mass is 10.2. The third-order valence-electron chi connectivity index (χ3n) is 3.11. The monoisotopic (exact) mass is 348 g/mol. The fourth-order valence-corrected chi connectivity index (χ4v) is 2.12. The predicted octanol–water partition coefficient (Wildman–Crippen LogP) is 2.88. The van der Waals surface area contributed by atoms with Gasteiger partial charge in [-0.3, -0.25) is 10.1 Å². The Balaban J connectivity index is 1.89. The van der Waals surface area contributed by atoms with Crippen LogP contribution < -0.4 is 20.1 Å². The third kappa shape index (κ3) is 4.99. The number of hydrogen-bond donors (Lipinski definition) is 2. The fraction of sp³-hybridized carbons (Fsp3) is 0.294. The van der Waals surface area contributed by atoms with Crippen LogP contribution in [0.1, 0.15) is 29.5 Å². The number of nitrogens with one attached hydrogen (secondary N) is 2. The van der Waals surface area contributed by atoms with Crippen LogP contribution in [-0.2, 0) is 6.54 Å². The van der Waals surface area contributed by atoms with Gasteiger partial charge in [0.1, 0.15) is 0 Å². The average molecular weight is 348 g/mol. The van der Waals surface area contributed by atoms with Crippen molar-refractivity contribution >= 4 is 23.2 Å². The van der Waals surface area contributed by atoms with Gasteiger partial charge in [-0.05, 0) is 48.5 Å². The molecule has 0 saturated heterocycles. The highest BCUT2D eigenvalue weighted by atomic mass is 32.1. The summed E-state index contributed by atoms with van der Waals surface area (Å²) in [5, 5.41) is 5.74. The molecule has 0 spiro atoms. The Morgan fingerprint density at radius 1 is 1.29 bits per heavy atom. The van der Waals surface area contributed by atoms with Crippen molar-refractivity contribution in [3.63, 3.8) is 0 Å². The molecule has 2 rings (SSSR count). The highest BCUT2D eigenvalue weighted by Gasteiger charge is 2.10. The van der Waals surface area contributed by atoms with Gasteiger partial charge in [0, 0.05) is 6.54 Å². The van der Waals surface area contributed by atoms with Gasteiger partial charge in [0.2, 0.25) is 0 Å². The lowest BCUT2D eigenvalue weighted by Gasteiger charge is -2.13. The zero-order chi connectivity index (χ0) is 17.4. The van der Waals surface area contributed by atoms with Crippen molar-refractivity contribution in [1.82, 2.24) is 10.6 Å². The summed E-state index contributed by atoms with van der Waals surface area (Å²) < 4.78 is 16.0. The van der Waals surface area contributed by atoms with Crippen molar-refractivity contribution in [2.24, 2.45) is 0 Å². The molecule has 0 saturated carbocycles. The second-order valence-electron chi connectivity index (χ2n) is 4.95. The normalized spacial score (nSPS) is 10.1. The Morgan fingerprint density at radius 2 is 2.12 bits per heavy atom. The number of furan rings is 1. The molecule has 0 unspecified atom stereocenters. The summed E-state index contributed by atoms with van der Waals surface area (Å²) >= 11 is 5.11. The zero-order valence-corrected chi connectivity index (χ0v) is 14.4. The molecule has 0 bridgehead atoms. The van der Waals surface area contributed by atoms with Gasteiger partial charge < -0.3 is 19.2 Å². The first kappa shape index (κ1) is 17.8. The van der Waals surface area contributed by atoms with Crippen molar-refractivity contribution in [1.29, 1.82) is 0 Å². The Kier molecular flexibility index (Phi) is 6.62. The molecule has 24 heavy (non-hydrogen) atoms. The minimum Gasteiger partial charge on any atom is -0.493 e. The Labute approximate surface area is 146 Å². The molecule has 0 radical (unpaired) electrons. The quantitative estimate of drug-likeness (QED) is 0.750. The maximum atomic E-state index is 11.8. The zero-order valence-electron chi connectivity index (χ0n) is 13.6. The summed E-state index contributed by atoms with van der Waals surface area (Å²) in [6.45, 7) is 3.13. The van der Waals surface area contributed by atoms with Crippen molar-refractivity contribution in [3.05, 3.63) is 47.9 Å². The summed E-state index contributed by atoms with van der Waals surface area (Å²) in [4.78, 5) is 11.8. The molecule has 2 aromatic rings. The second-order valence-corrected chi connectivity index (χ2v) is 5.36. The molecule has 1 amide bonds. The van der Waals surface area contributed by atoms with Crippen LogP contribution in [0.4, 0.5) is 0 Å². The van der Waals surface area contributed by atoms with Crippen molar-refractivity contribution in [2.45, 2.75) is 19.9 Å². The molecular weight excluding hydrogens is 328 g/mol. The van der Waals surface area contributed by atoms with E-state index in [2.05, 4.69) is 10.6 Å². The molecule has 1 aromatic carbocycles. The van der Waals surface area contributed by atoms with Gasteiger partial charge in [0.05, 0.1) is 20.0 Å². The van der Waals surface area contributed by atoms with Crippen LogP contribution in [0.5, 0.6) is 11.5 Å². The van der Waals surface area contributed by atoms with Gasteiger partial charge in [-0.25, -0.2) is 0 Å². The van der Waals surface area contributed by atoms with Crippen molar-refractivity contribution in [3.8, 4) is 11.5 Å². The Hall–Kier alpha value is -2.54. The maximum absolute atomic E-state index is 11.8. The van der Waals surface area contributed by atoms with Crippen LogP contribution in [0, 0.1) is 0 Å². The van der Waals surface area contributed by atoms with E-state index >= 15 is 0 Å². The fourth-order valence-electron chi connectivity index (χ4n) is 1.95. The summed E-state index contributed by atoms with van der Waals surface area (Å²) in [7, 11) is 1.60. The van der Waals surface area contributed by atoms with E-state index < -0.39 is 5.91 Å². The molecular formula is C17H20N2O4S. The molecule has 0 atom stereocenters. The van der Waals surface area contributed by atoms with Crippen LogP contribution in [0.15, 0.2) is 41.0 Å². The number of rotatable bonds is 7. The Bertz CT molecular complexity index is 686. The molecule has 7 heteroatoms. The SMILES string of the molecule is CCCOc1ccc(CNC(=S)NC(=O)c2ccco2)cc1OC. The van der Waals surface area contributed by atoms with Gasteiger partial charge in [-0.1, -0.05) is 13.0 Å². The van der Waals surface area contributed by atoms with Crippen molar-refractivity contribution in [2.75, 3.05) is 13.7 Å². The molecule has 2 N–H and O–H groups in total. The number of ether oxygens (including phenoxy) is 2. The number of carbonyl (C=O) groups is 1. The third-order valence-corrected chi connectivity index (χ3v) is 3.36. The van der Waals surface area contributed by atoms with Crippen LogP contribution in [0.25, 0.3) is 0 Å². The van der Waals surface area contributed by atoms with E-state index in [0.29, 0.717) is 24.7 Å². The van der Waals surface area contributed by atoms with Crippen LogP contribution in [-0.4, -0.2) is 24.7 Å². The first-order valence-corrected chi connectivity index (χ1v) is 7.97. The van der Waals surface area contributed by atoms with E-state index in [1.807, 2.05) is 25.1 Å². The predicted molar refractivity (Wildman–Crippen MR) is 94.4 cm³/mol. The molecule has 1 heterocycles. The van der Waals surface area contributed by atoms with E-state index in [1.54, 1.807) is 19.2 Å². The summed E-state index contributed by atoms with van der Waals surface area (Å²) in [6.07, 6.45) is 2.36. The van der Waals surface area contributed by atoms with E-state index in [0.717, 1.165) is 12.0 Å². The van der Waals surface area contributed by atoms with E-state index in [1.165, 1.54) is 6.26 Å². The molecule has 0 fully saturated rings. The lowest BCUT2D eigenvalue weighted by Crippen LogP contribution is -2.38. The molecule has 1 aromatic heterocycles. The van der Waals surface area contributed by atoms with Crippen LogP contribution >= 0.6 is 12.2 Å². The Morgan fingerprint density at radius 3 is 2.79 bits per heavy atom. The maximum Gasteiger partial charge on any atom is 0.293 e. The lowest BCUT2D eigenvalue weighted by molar-refractivity contribution is 0.0949. The first-order valence-electron chi connectivity index (χ1n) is 7.56. The minimum atomic E-state index is -0.390. The second kappa shape index (κ2) is 8.93. The van der Waals surface area contributed by atoms with Crippen LogP contribution in [0.3, 0.4) is 0 Å². The average Bonchev–Trinajstić information content (AvgIpc) is 3.13. The largest absolute Gasteiger partial charge is 0.493 e. The number of methoxy groups -OCH3 is 1. The number of hydrogen-bond acceptors (Lipinski definition) is 5. The standard InChI is InChI=1S/C17H20N2O4S/c1-3-8-22-13-7-6-12(10-15(13)21-2)11-18-17(24)19-16(20)14-5-4-9-23-14/h4-7,9-10H,3,8,11H2,1-2H3,(H2,18,19,20,24). The van der Waals surface area contributed by atoms with Gasteiger partial charge in [-0.2, -0.15) is 0 Å². The molecule has 0 aliphatic carbocycles. The summed E-state index contributed by atoms with van der Waals surface area (Å²) in [5.41, 5.74) is 0.949. The van der Waals surface area contributed by atoms with E-state index in [9.17, 15) is 4.79 Å². The van der Waals surface area contributed by atoms with Crippen LogP contribution in [0.2, 0.25) is 0 Å². The number of carbonyl (C=O) groups excluding carboxylic acids is 1. The highest BCUT2D eigenvalue weighted by molar-refractivity contribution is 7.80. The summed E-state index contributed by atoms with van der Waals surface area (Å²) in [6, 6.07) is 8.85. The number of benzene rings is 1. The van der Waals surface area contributed by atoms with Gasteiger partial charge in [-0.15, -0.1) is 0 Å². The van der Waals surface area contributed by atoms with Gasteiger partial charge >= 0.3 is 0 Å². The van der Waals surface area contributed by atoms with E-state index in [4.69, 9.17) is 26.1 Å². The molecule has 128 valence electrons. The first-order chi connectivity index (χ1) is 11.6. The minimum absolute atomic E-state index is 0.207.